The van der Waals surface area contributed by atoms with Crippen LogP contribution < -0.4 is 10.1 Å². The number of ether oxygens (including phenoxy) is 1. The van der Waals surface area contributed by atoms with E-state index in [-0.39, 0.29) is 11.9 Å². The van der Waals surface area contributed by atoms with Gasteiger partial charge >= 0.3 is 0 Å². The molecular formula is C19H27N3O3. The second-order valence-corrected chi connectivity index (χ2v) is 6.39. The van der Waals surface area contributed by atoms with E-state index in [1.54, 1.807) is 13.0 Å². The Kier molecular flexibility index (Phi) is 6.58. The molecule has 0 aliphatic heterocycles. The summed E-state index contributed by atoms with van der Waals surface area (Å²) >= 11 is 0. The molecule has 2 aromatic rings. The summed E-state index contributed by atoms with van der Waals surface area (Å²) in [6, 6.07) is 7.60. The molecule has 0 bridgehead atoms. The van der Waals surface area contributed by atoms with Gasteiger partial charge in [-0.05, 0) is 57.5 Å². The Balaban J connectivity index is 1.86. The van der Waals surface area contributed by atoms with Crippen molar-refractivity contribution in [1.29, 1.82) is 0 Å². The molecular weight excluding hydrogens is 318 g/mol. The van der Waals surface area contributed by atoms with Gasteiger partial charge in [-0.2, -0.15) is 0 Å². The Hall–Kier alpha value is -2.34. The number of amides is 1. The van der Waals surface area contributed by atoms with E-state index in [0.29, 0.717) is 31.2 Å². The van der Waals surface area contributed by atoms with Crippen molar-refractivity contribution in [3.63, 3.8) is 0 Å². The number of nitrogens with one attached hydrogen (secondary N) is 1. The molecule has 1 atom stereocenters. The molecule has 0 spiro atoms. The van der Waals surface area contributed by atoms with Gasteiger partial charge in [-0.1, -0.05) is 18.1 Å². The Morgan fingerprint density at radius 2 is 1.92 bits per heavy atom. The fraction of sp³-hybridized carbons (Fsp3) is 0.474. The normalized spacial score (nSPS) is 12.2. The van der Waals surface area contributed by atoms with Gasteiger partial charge in [-0.25, -0.2) is 0 Å². The van der Waals surface area contributed by atoms with Crippen LogP contribution in [0, 0.1) is 20.8 Å². The average molecular weight is 345 g/mol. The van der Waals surface area contributed by atoms with Crippen molar-refractivity contribution in [2.24, 2.45) is 0 Å². The second-order valence-electron chi connectivity index (χ2n) is 6.39. The summed E-state index contributed by atoms with van der Waals surface area (Å²) in [6.45, 7) is 9.04. The predicted octanol–water partition coefficient (Wildman–Crippen LogP) is 3.33. The summed E-state index contributed by atoms with van der Waals surface area (Å²) < 4.78 is 10.8. The number of rotatable bonds is 8. The molecule has 6 heteroatoms. The number of carbonyl (C=O) groups excluding carboxylic acids is 1. The number of likely N-dealkylation sites (N-methyl/N-ethyl adjacent to an activating group) is 1. The fourth-order valence-corrected chi connectivity index (χ4v) is 2.81. The Morgan fingerprint density at radius 3 is 2.48 bits per heavy atom. The highest BCUT2D eigenvalue weighted by molar-refractivity contribution is 5.93. The van der Waals surface area contributed by atoms with E-state index in [2.05, 4.69) is 30.4 Å². The largest absolute Gasteiger partial charge is 0.492 e. The van der Waals surface area contributed by atoms with Crippen LogP contribution in [0.1, 0.15) is 30.2 Å². The molecule has 1 heterocycles. The first kappa shape index (κ1) is 19.0. The van der Waals surface area contributed by atoms with Gasteiger partial charge in [0.25, 0.3) is 0 Å². The summed E-state index contributed by atoms with van der Waals surface area (Å²) in [6.07, 6.45) is 0.697. The lowest BCUT2D eigenvalue weighted by Gasteiger charge is -2.25. The minimum Gasteiger partial charge on any atom is -0.492 e. The van der Waals surface area contributed by atoms with E-state index < -0.39 is 0 Å². The number of carbonyl (C=O) groups is 1. The topological polar surface area (TPSA) is 67.6 Å². The highest BCUT2D eigenvalue weighted by Gasteiger charge is 2.22. The van der Waals surface area contributed by atoms with Gasteiger partial charge in [0, 0.05) is 12.6 Å². The Morgan fingerprint density at radius 1 is 1.24 bits per heavy atom. The summed E-state index contributed by atoms with van der Waals surface area (Å²) in [4.78, 5) is 14.4. The highest BCUT2D eigenvalue weighted by atomic mass is 16.5. The van der Waals surface area contributed by atoms with Crippen LogP contribution in [-0.4, -0.2) is 42.2 Å². The zero-order chi connectivity index (χ0) is 18.4. The molecule has 0 aliphatic rings. The molecule has 136 valence electrons. The lowest BCUT2D eigenvalue weighted by Crippen LogP contribution is -2.43. The number of benzene rings is 1. The van der Waals surface area contributed by atoms with E-state index >= 15 is 0 Å². The smallest absolute Gasteiger partial charge is 0.242 e. The molecule has 1 aromatic carbocycles. The summed E-state index contributed by atoms with van der Waals surface area (Å²) in [5.74, 6) is 1.88. The van der Waals surface area contributed by atoms with Gasteiger partial charge in [0.1, 0.15) is 18.1 Å². The molecule has 1 amide bonds. The summed E-state index contributed by atoms with van der Waals surface area (Å²) in [5.41, 5.74) is 2.36. The van der Waals surface area contributed by atoms with E-state index in [4.69, 9.17) is 9.26 Å². The van der Waals surface area contributed by atoms with E-state index in [9.17, 15) is 4.79 Å². The van der Waals surface area contributed by atoms with Crippen molar-refractivity contribution in [2.45, 2.75) is 40.2 Å². The quantitative estimate of drug-likeness (QED) is 0.795. The molecule has 25 heavy (non-hydrogen) atoms. The van der Waals surface area contributed by atoms with E-state index in [0.717, 1.165) is 5.75 Å². The van der Waals surface area contributed by atoms with Crippen LogP contribution in [0.2, 0.25) is 0 Å². The maximum absolute atomic E-state index is 12.4. The van der Waals surface area contributed by atoms with Crippen molar-refractivity contribution in [3.8, 4) is 5.75 Å². The van der Waals surface area contributed by atoms with Crippen molar-refractivity contribution < 1.29 is 14.1 Å². The van der Waals surface area contributed by atoms with Crippen molar-refractivity contribution in [1.82, 2.24) is 10.1 Å². The number of hydrogen-bond acceptors (Lipinski definition) is 5. The molecule has 1 unspecified atom stereocenters. The fourth-order valence-electron chi connectivity index (χ4n) is 2.81. The minimum absolute atomic E-state index is 0.0929. The number of aromatic nitrogens is 1. The molecule has 1 aromatic heterocycles. The van der Waals surface area contributed by atoms with Gasteiger partial charge in [0.2, 0.25) is 5.91 Å². The maximum Gasteiger partial charge on any atom is 0.242 e. The summed E-state index contributed by atoms with van der Waals surface area (Å²) in [5, 5.41) is 6.59. The number of aryl methyl sites for hydroxylation is 3. The second kappa shape index (κ2) is 8.67. The van der Waals surface area contributed by atoms with Gasteiger partial charge in [0.15, 0.2) is 5.82 Å². The van der Waals surface area contributed by atoms with Crippen LogP contribution in [0.25, 0.3) is 0 Å². The molecule has 0 fully saturated rings. The zero-order valence-corrected chi connectivity index (χ0v) is 15.6. The van der Waals surface area contributed by atoms with Gasteiger partial charge in [-0.3, -0.25) is 9.69 Å². The molecule has 2 rings (SSSR count). The number of nitrogens with zero attached hydrogens (tertiary/aromatic N) is 2. The van der Waals surface area contributed by atoms with Crippen LogP contribution in [-0.2, 0) is 4.79 Å². The number of anilines is 1. The maximum atomic E-state index is 12.4. The zero-order valence-electron chi connectivity index (χ0n) is 15.6. The van der Waals surface area contributed by atoms with Gasteiger partial charge < -0.3 is 14.6 Å². The standard InChI is InChI=1S/C19H27N3O3/c1-6-17(19(23)20-18-12-15(4)25-21-18)22(5)7-8-24-16-10-13(2)9-14(3)11-16/h9-12,17H,6-8H2,1-5H3,(H,20,21,23). The van der Waals surface area contributed by atoms with Gasteiger partial charge in [0.05, 0.1) is 6.04 Å². The highest BCUT2D eigenvalue weighted by Crippen LogP contribution is 2.16. The third-order valence-corrected chi connectivity index (χ3v) is 4.01. The van der Waals surface area contributed by atoms with Crippen LogP contribution in [0.3, 0.4) is 0 Å². The van der Waals surface area contributed by atoms with Crippen LogP contribution in [0.15, 0.2) is 28.8 Å². The van der Waals surface area contributed by atoms with Crippen LogP contribution in [0.4, 0.5) is 5.82 Å². The van der Waals surface area contributed by atoms with Crippen molar-refractivity contribution in [2.75, 3.05) is 25.5 Å². The molecule has 1 N–H and O–H groups in total. The molecule has 6 nitrogen and oxygen atoms in total. The first-order chi connectivity index (χ1) is 11.9. The molecule has 0 saturated heterocycles. The molecule has 0 radical (unpaired) electrons. The minimum atomic E-state index is -0.250. The van der Waals surface area contributed by atoms with Crippen LogP contribution in [0.5, 0.6) is 5.75 Å². The van der Waals surface area contributed by atoms with E-state index in [1.165, 1.54) is 11.1 Å². The summed E-state index contributed by atoms with van der Waals surface area (Å²) in [7, 11) is 1.92. The third-order valence-electron chi connectivity index (χ3n) is 4.01. The van der Waals surface area contributed by atoms with E-state index in [1.807, 2.05) is 31.0 Å². The Bertz CT molecular complexity index is 691. The first-order valence-corrected chi connectivity index (χ1v) is 8.54. The lowest BCUT2D eigenvalue weighted by atomic mass is 10.1. The Labute approximate surface area is 149 Å². The SMILES string of the molecule is CCC(C(=O)Nc1cc(C)on1)N(C)CCOc1cc(C)cc(C)c1. The van der Waals surface area contributed by atoms with Crippen LogP contribution >= 0.6 is 0 Å². The first-order valence-electron chi connectivity index (χ1n) is 8.54. The van der Waals surface area contributed by atoms with Gasteiger partial charge in [-0.15, -0.1) is 0 Å². The predicted molar refractivity (Wildman–Crippen MR) is 98.0 cm³/mol. The third kappa shape index (κ3) is 5.60. The average Bonchev–Trinajstić information content (AvgIpc) is 2.92. The number of hydrogen-bond donors (Lipinski definition) is 1. The molecule has 0 aliphatic carbocycles. The monoisotopic (exact) mass is 345 g/mol. The molecule has 0 saturated carbocycles. The van der Waals surface area contributed by atoms with Crippen molar-refractivity contribution in [3.05, 3.63) is 41.2 Å². The van der Waals surface area contributed by atoms with Crippen molar-refractivity contribution >= 4 is 11.7 Å². The lowest BCUT2D eigenvalue weighted by molar-refractivity contribution is -0.121.